The molecule has 14 heavy (non-hydrogen) atoms. The maximum absolute atomic E-state index is 9.75. The minimum atomic E-state index is -0.500. The van der Waals surface area contributed by atoms with E-state index in [0.29, 0.717) is 0 Å². The van der Waals surface area contributed by atoms with Gasteiger partial charge in [0.15, 0.2) is 0 Å². The molecule has 1 saturated carbocycles. The van der Waals surface area contributed by atoms with Gasteiger partial charge in [0.1, 0.15) is 6.23 Å². The molecule has 1 unspecified atom stereocenters. The van der Waals surface area contributed by atoms with Crippen molar-refractivity contribution in [2.45, 2.75) is 57.7 Å². The summed E-state index contributed by atoms with van der Waals surface area (Å²) < 4.78 is 0. The number of aliphatic hydroxyl groups is 2. The quantitative estimate of drug-likeness (QED) is 0.600. The van der Waals surface area contributed by atoms with Gasteiger partial charge in [-0.1, -0.05) is 33.1 Å². The van der Waals surface area contributed by atoms with Crippen molar-refractivity contribution in [1.29, 1.82) is 0 Å². The van der Waals surface area contributed by atoms with E-state index >= 15 is 0 Å². The van der Waals surface area contributed by atoms with Crippen molar-refractivity contribution < 1.29 is 10.2 Å². The zero-order valence-corrected chi connectivity index (χ0v) is 9.29. The smallest absolute Gasteiger partial charge is 0.107 e. The number of hydrogen-bond donors (Lipinski definition) is 3. The first-order valence-corrected chi connectivity index (χ1v) is 5.66. The summed E-state index contributed by atoms with van der Waals surface area (Å²) in [5, 5.41) is 22.3. The minimum absolute atomic E-state index is 0.136. The van der Waals surface area contributed by atoms with Crippen LogP contribution in [0, 0.1) is 5.92 Å². The first kappa shape index (κ1) is 12.0. The molecule has 3 heteroatoms. The molecule has 1 atom stereocenters. The van der Waals surface area contributed by atoms with E-state index in [4.69, 9.17) is 0 Å². The topological polar surface area (TPSA) is 52.5 Å². The molecule has 0 amide bonds. The lowest BCUT2D eigenvalue weighted by molar-refractivity contribution is 0.0148. The first-order valence-electron chi connectivity index (χ1n) is 5.66. The maximum Gasteiger partial charge on any atom is 0.107 e. The monoisotopic (exact) mass is 201 g/mol. The molecule has 1 aliphatic carbocycles. The van der Waals surface area contributed by atoms with E-state index in [9.17, 15) is 10.2 Å². The molecule has 1 aliphatic rings. The van der Waals surface area contributed by atoms with Gasteiger partial charge in [0.2, 0.25) is 0 Å². The Morgan fingerprint density at radius 2 is 1.79 bits per heavy atom. The molecule has 1 fully saturated rings. The second-order valence-electron chi connectivity index (χ2n) is 4.83. The Morgan fingerprint density at radius 1 is 1.21 bits per heavy atom. The van der Waals surface area contributed by atoms with Crippen LogP contribution < -0.4 is 5.32 Å². The SMILES string of the molecule is CC(C)C(O)NC1(CO)CCCCC1. The van der Waals surface area contributed by atoms with E-state index in [1.807, 2.05) is 13.8 Å². The number of rotatable bonds is 4. The van der Waals surface area contributed by atoms with Gasteiger partial charge < -0.3 is 10.2 Å². The molecule has 3 nitrogen and oxygen atoms in total. The van der Waals surface area contributed by atoms with E-state index in [-0.39, 0.29) is 18.1 Å². The van der Waals surface area contributed by atoms with Crippen LogP contribution in [0.25, 0.3) is 0 Å². The number of nitrogens with one attached hydrogen (secondary N) is 1. The largest absolute Gasteiger partial charge is 0.394 e. The van der Waals surface area contributed by atoms with Crippen LogP contribution >= 0.6 is 0 Å². The molecule has 0 radical (unpaired) electrons. The molecule has 0 bridgehead atoms. The Kier molecular flexibility index (Phi) is 4.35. The molecular formula is C11H23NO2. The lowest BCUT2D eigenvalue weighted by Crippen LogP contribution is -2.55. The fourth-order valence-corrected chi connectivity index (χ4v) is 2.06. The van der Waals surface area contributed by atoms with E-state index < -0.39 is 6.23 Å². The van der Waals surface area contributed by atoms with Crippen molar-refractivity contribution >= 4 is 0 Å². The molecule has 0 saturated heterocycles. The summed E-state index contributed by atoms with van der Waals surface area (Å²) in [7, 11) is 0. The van der Waals surface area contributed by atoms with Crippen molar-refractivity contribution in [2.24, 2.45) is 5.92 Å². The lowest BCUT2D eigenvalue weighted by Gasteiger charge is -2.39. The van der Waals surface area contributed by atoms with Crippen molar-refractivity contribution in [3.05, 3.63) is 0 Å². The van der Waals surface area contributed by atoms with Gasteiger partial charge >= 0.3 is 0 Å². The lowest BCUT2D eigenvalue weighted by atomic mass is 9.82. The van der Waals surface area contributed by atoms with Crippen molar-refractivity contribution in [2.75, 3.05) is 6.61 Å². The van der Waals surface area contributed by atoms with Gasteiger partial charge in [0.25, 0.3) is 0 Å². The van der Waals surface area contributed by atoms with Crippen molar-refractivity contribution in [3.63, 3.8) is 0 Å². The molecule has 0 aliphatic heterocycles. The van der Waals surface area contributed by atoms with Gasteiger partial charge in [0, 0.05) is 5.54 Å². The highest BCUT2D eigenvalue weighted by Gasteiger charge is 2.33. The fraction of sp³-hybridized carbons (Fsp3) is 1.00. The van der Waals surface area contributed by atoms with Crippen LogP contribution in [0.2, 0.25) is 0 Å². The summed E-state index contributed by atoms with van der Waals surface area (Å²) in [4.78, 5) is 0. The summed E-state index contributed by atoms with van der Waals surface area (Å²) in [6.07, 6.45) is 5.01. The Labute approximate surface area is 86.5 Å². The number of aliphatic hydroxyl groups excluding tert-OH is 2. The predicted molar refractivity (Wildman–Crippen MR) is 56.9 cm³/mol. The highest BCUT2D eigenvalue weighted by atomic mass is 16.3. The average molecular weight is 201 g/mol. The van der Waals surface area contributed by atoms with Crippen LogP contribution in [-0.2, 0) is 0 Å². The zero-order chi connectivity index (χ0) is 10.6. The Bertz CT molecular complexity index is 165. The predicted octanol–water partition coefficient (Wildman–Crippen LogP) is 1.25. The fourth-order valence-electron chi connectivity index (χ4n) is 2.06. The van der Waals surface area contributed by atoms with E-state index in [1.165, 1.54) is 6.42 Å². The second kappa shape index (κ2) is 5.10. The van der Waals surface area contributed by atoms with E-state index in [2.05, 4.69) is 5.32 Å². The third-order valence-corrected chi connectivity index (χ3v) is 3.20. The van der Waals surface area contributed by atoms with Gasteiger partial charge in [-0.25, -0.2) is 0 Å². The summed E-state index contributed by atoms with van der Waals surface area (Å²) in [6, 6.07) is 0. The summed E-state index contributed by atoms with van der Waals surface area (Å²) in [5.41, 5.74) is -0.220. The molecular weight excluding hydrogens is 178 g/mol. The molecule has 84 valence electrons. The molecule has 0 aromatic heterocycles. The van der Waals surface area contributed by atoms with Crippen LogP contribution in [0.15, 0.2) is 0 Å². The average Bonchev–Trinajstić information content (AvgIpc) is 2.19. The first-order chi connectivity index (χ1) is 6.59. The van der Waals surface area contributed by atoms with Crippen LogP contribution in [-0.4, -0.2) is 28.6 Å². The Hall–Kier alpha value is -0.120. The Morgan fingerprint density at radius 3 is 2.21 bits per heavy atom. The van der Waals surface area contributed by atoms with Crippen molar-refractivity contribution in [1.82, 2.24) is 5.32 Å². The molecule has 3 N–H and O–H groups in total. The number of hydrogen-bond acceptors (Lipinski definition) is 3. The highest BCUT2D eigenvalue weighted by molar-refractivity contribution is 4.91. The van der Waals surface area contributed by atoms with Crippen LogP contribution in [0.5, 0.6) is 0 Å². The second-order valence-corrected chi connectivity index (χ2v) is 4.83. The highest BCUT2D eigenvalue weighted by Crippen LogP contribution is 2.28. The molecule has 0 heterocycles. The normalized spacial score (nSPS) is 23.8. The molecule has 0 spiro atoms. The van der Waals surface area contributed by atoms with Crippen LogP contribution in [0.4, 0.5) is 0 Å². The van der Waals surface area contributed by atoms with Gasteiger partial charge in [-0.15, -0.1) is 0 Å². The van der Waals surface area contributed by atoms with E-state index in [1.54, 1.807) is 0 Å². The van der Waals surface area contributed by atoms with Gasteiger partial charge in [-0.2, -0.15) is 0 Å². The standard InChI is InChI=1S/C11H23NO2/c1-9(2)10(14)12-11(8-13)6-4-3-5-7-11/h9-10,12-14H,3-8H2,1-2H3. The summed E-state index contributed by atoms with van der Waals surface area (Å²) in [5.74, 6) is 0.195. The third kappa shape index (κ3) is 2.94. The maximum atomic E-state index is 9.75. The van der Waals surface area contributed by atoms with Crippen LogP contribution in [0.1, 0.15) is 46.0 Å². The van der Waals surface area contributed by atoms with Gasteiger partial charge in [-0.3, -0.25) is 5.32 Å². The van der Waals surface area contributed by atoms with Gasteiger partial charge in [-0.05, 0) is 18.8 Å². The zero-order valence-electron chi connectivity index (χ0n) is 9.29. The molecule has 0 aromatic rings. The summed E-state index contributed by atoms with van der Waals surface area (Å²) in [6.45, 7) is 4.09. The van der Waals surface area contributed by atoms with Crippen molar-refractivity contribution in [3.8, 4) is 0 Å². The van der Waals surface area contributed by atoms with Gasteiger partial charge in [0.05, 0.1) is 6.61 Å². The minimum Gasteiger partial charge on any atom is -0.394 e. The molecule has 0 aromatic carbocycles. The third-order valence-electron chi connectivity index (χ3n) is 3.20. The van der Waals surface area contributed by atoms with E-state index in [0.717, 1.165) is 25.7 Å². The van der Waals surface area contributed by atoms with Crippen LogP contribution in [0.3, 0.4) is 0 Å². The Balaban J connectivity index is 2.51. The molecule has 1 rings (SSSR count). The summed E-state index contributed by atoms with van der Waals surface area (Å²) >= 11 is 0.